The van der Waals surface area contributed by atoms with Crippen molar-refractivity contribution in [3.63, 3.8) is 0 Å². The van der Waals surface area contributed by atoms with E-state index < -0.39 is 11.6 Å². The van der Waals surface area contributed by atoms with Gasteiger partial charge in [0.05, 0.1) is 0 Å². The monoisotopic (exact) mass is 199 g/mol. The Morgan fingerprint density at radius 3 is 2.29 bits per heavy atom. The first-order chi connectivity index (χ1) is 6.60. The van der Waals surface area contributed by atoms with Gasteiger partial charge in [-0.2, -0.15) is 0 Å². The summed E-state index contributed by atoms with van der Waals surface area (Å²) in [4.78, 5) is 0. The molecule has 0 fully saturated rings. The van der Waals surface area contributed by atoms with Gasteiger partial charge in [0.1, 0.15) is 0 Å². The molecule has 0 unspecified atom stereocenters. The molecule has 0 aromatic heterocycles. The van der Waals surface area contributed by atoms with Gasteiger partial charge in [0.25, 0.3) is 0 Å². The Kier molecular flexibility index (Phi) is 3.58. The summed E-state index contributed by atoms with van der Waals surface area (Å²) in [6, 6.07) is 2.24. The quantitative estimate of drug-likeness (QED) is 0.795. The van der Waals surface area contributed by atoms with Crippen molar-refractivity contribution in [2.45, 2.75) is 32.7 Å². The lowest BCUT2D eigenvalue weighted by Gasteiger charge is -2.14. The van der Waals surface area contributed by atoms with E-state index in [1.807, 2.05) is 13.8 Å². The Morgan fingerprint density at radius 2 is 1.79 bits per heavy atom. The van der Waals surface area contributed by atoms with Crippen LogP contribution in [-0.2, 0) is 6.42 Å². The molecule has 0 heterocycles. The zero-order chi connectivity index (χ0) is 10.7. The second-order valence-electron chi connectivity index (χ2n) is 3.33. The van der Waals surface area contributed by atoms with Gasteiger partial charge in [-0.25, -0.2) is 8.78 Å². The van der Waals surface area contributed by atoms with Gasteiger partial charge in [0.2, 0.25) is 0 Å². The molecule has 1 aromatic carbocycles. The van der Waals surface area contributed by atoms with E-state index in [1.54, 1.807) is 0 Å². The SMILES string of the molecule is CCc1cc(F)c(F)cc1[C@H](N)CC. The van der Waals surface area contributed by atoms with Crippen molar-refractivity contribution in [3.05, 3.63) is 34.9 Å². The van der Waals surface area contributed by atoms with Gasteiger partial charge < -0.3 is 5.73 Å². The summed E-state index contributed by atoms with van der Waals surface area (Å²) in [5, 5.41) is 0. The van der Waals surface area contributed by atoms with Crippen LogP contribution in [0.15, 0.2) is 12.1 Å². The van der Waals surface area contributed by atoms with E-state index in [0.29, 0.717) is 12.0 Å². The number of hydrogen-bond acceptors (Lipinski definition) is 1. The van der Waals surface area contributed by atoms with Crippen LogP contribution in [0.4, 0.5) is 8.78 Å². The molecule has 0 aliphatic heterocycles. The van der Waals surface area contributed by atoms with Gasteiger partial charge in [0.15, 0.2) is 11.6 Å². The predicted octanol–water partition coefficient (Wildman–Crippen LogP) is 2.94. The Labute approximate surface area is 82.9 Å². The molecule has 14 heavy (non-hydrogen) atoms. The molecular formula is C11H15F2N. The van der Waals surface area contributed by atoms with E-state index in [4.69, 9.17) is 5.73 Å². The zero-order valence-corrected chi connectivity index (χ0v) is 8.48. The molecule has 1 atom stereocenters. The minimum atomic E-state index is -0.818. The van der Waals surface area contributed by atoms with Crippen molar-refractivity contribution in [1.29, 1.82) is 0 Å². The van der Waals surface area contributed by atoms with E-state index in [2.05, 4.69) is 0 Å². The fourth-order valence-corrected chi connectivity index (χ4v) is 1.47. The van der Waals surface area contributed by atoms with E-state index >= 15 is 0 Å². The first-order valence-corrected chi connectivity index (χ1v) is 4.83. The third kappa shape index (κ3) is 2.10. The summed E-state index contributed by atoms with van der Waals surface area (Å²) in [6.07, 6.45) is 1.39. The predicted molar refractivity (Wildman–Crippen MR) is 53.0 cm³/mol. The lowest BCUT2D eigenvalue weighted by Crippen LogP contribution is -2.12. The average Bonchev–Trinajstić information content (AvgIpc) is 2.20. The third-order valence-electron chi connectivity index (χ3n) is 2.40. The van der Waals surface area contributed by atoms with Gasteiger partial charge in [0, 0.05) is 6.04 Å². The molecule has 78 valence electrons. The molecular weight excluding hydrogens is 184 g/mol. The first kappa shape index (κ1) is 11.1. The summed E-state index contributed by atoms with van der Waals surface area (Å²) >= 11 is 0. The highest BCUT2D eigenvalue weighted by Crippen LogP contribution is 2.22. The Hall–Kier alpha value is -0.960. The minimum Gasteiger partial charge on any atom is -0.324 e. The molecule has 0 bridgehead atoms. The number of benzene rings is 1. The lowest BCUT2D eigenvalue weighted by atomic mass is 9.97. The fraction of sp³-hybridized carbons (Fsp3) is 0.455. The van der Waals surface area contributed by atoms with Crippen LogP contribution in [0.25, 0.3) is 0 Å². The molecule has 0 saturated heterocycles. The number of hydrogen-bond donors (Lipinski definition) is 1. The van der Waals surface area contributed by atoms with Crippen LogP contribution in [0.5, 0.6) is 0 Å². The van der Waals surface area contributed by atoms with Crippen molar-refractivity contribution in [2.75, 3.05) is 0 Å². The summed E-state index contributed by atoms with van der Waals surface area (Å²) in [5.41, 5.74) is 7.31. The van der Waals surface area contributed by atoms with Crippen LogP contribution in [0.3, 0.4) is 0 Å². The van der Waals surface area contributed by atoms with E-state index in [1.165, 1.54) is 12.1 Å². The highest BCUT2D eigenvalue weighted by Gasteiger charge is 2.12. The van der Waals surface area contributed by atoms with E-state index in [0.717, 1.165) is 12.0 Å². The van der Waals surface area contributed by atoms with E-state index in [9.17, 15) is 8.78 Å². The van der Waals surface area contributed by atoms with Gasteiger partial charge in [-0.1, -0.05) is 13.8 Å². The molecule has 0 aliphatic carbocycles. The van der Waals surface area contributed by atoms with Crippen molar-refractivity contribution in [2.24, 2.45) is 5.73 Å². The largest absolute Gasteiger partial charge is 0.324 e. The minimum absolute atomic E-state index is 0.208. The highest BCUT2D eigenvalue weighted by molar-refractivity contribution is 5.31. The van der Waals surface area contributed by atoms with Crippen LogP contribution in [-0.4, -0.2) is 0 Å². The maximum absolute atomic E-state index is 13.0. The standard InChI is InChI=1S/C11H15F2N/c1-3-7-5-9(12)10(13)6-8(7)11(14)4-2/h5-6,11H,3-4,14H2,1-2H3/t11-/m1/s1. The molecule has 1 rings (SSSR count). The van der Waals surface area contributed by atoms with Crippen LogP contribution in [0.2, 0.25) is 0 Å². The summed E-state index contributed by atoms with van der Waals surface area (Å²) in [5.74, 6) is -1.62. The molecule has 0 spiro atoms. The first-order valence-electron chi connectivity index (χ1n) is 4.83. The maximum atomic E-state index is 13.0. The lowest BCUT2D eigenvalue weighted by molar-refractivity contribution is 0.502. The zero-order valence-electron chi connectivity index (χ0n) is 8.48. The van der Waals surface area contributed by atoms with Gasteiger partial charge in [-0.15, -0.1) is 0 Å². The molecule has 0 amide bonds. The van der Waals surface area contributed by atoms with Crippen molar-refractivity contribution in [3.8, 4) is 0 Å². The number of aryl methyl sites for hydroxylation is 1. The number of nitrogens with two attached hydrogens (primary N) is 1. The van der Waals surface area contributed by atoms with Gasteiger partial charge in [-0.3, -0.25) is 0 Å². The summed E-state index contributed by atoms with van der Waals surface area (Å²) in [7, 11) is 0. The van der Waals surface area contributed by atoms with Crippen LogP contribution < -0.4 is 5.73 Å². The Balaban J connectivity index is 3.19. The van der Waals surface area contributed by atoms with Crippen LogP contribution >= 0.6 is 0 Å². The highest BCUT2D eigenvalue weighted by atomic mass is 19.2. The average molecular weight is 199 g/mol. The van der Waals surface area contributed by atoms with E-state index in [-0.39, 0.29) is 6.04 Å². The fourth-order valence-electron chi connectivity index (χ4n) is 1.47. The smallest absolute Gasteiger partial charge is 0.159 e. The molecule has 1 nitrogen and oxygen atoms in total. The molecule has 0 saturated carbocycles. The van der Waals surface area contributed by atoms with Crippen LogP contribution in [0, 0.1) is 11.6 Å². The van der Waals surface area contributed by atoms with Crippen molar-refractivity contribution in [1.82, 2.24) is 0 Å². The van der Waals surface area contributed by atoms with Crippen LogP contribution in [0.1, 0.15) is 37.4 Å². The van der Waals surface area contributed by atoms with Crippen molar-refractivity contribution >= 4 is 0 Å². The number of rotatable bonds is 3. The maximum Gasteiger partial charge on any atom is 0.159 e. The van der Waals surface area contributed by atoms with Crippen molar-refractivity contribution < 1.29 is 8.78 Å². The summed E-state index contributed by atoms with van der Waals surface area (Å²) in [6.45, 7) is 3.82. The number of halogens is 2. The topological polar surface area (TPSA) is 26.0 Å². The normalized spacial score (nSPS) is 12.9. The molecule has 2 N–H and O–H groups in total. The third-order valence-corrected chi connectivity index (χ3v) is 2.40. The Bertz CT molecular complexity index is 323. The second-order valence-corrected chi connectivity index (χ2v) is 3.33. The molecule has 3 heteroatoms. The van der Waals surface area contributed by atoms with Gasteiger partial charge >= 0.3 is 0 Å². The summed E-state index contributed by atoms with van der Waals surface area (Å²) < 4.78 is 25.9. The Morgan fingerprint density at radius 1 is 1.21 bits per heavy atom. The van der Waals surface area contributed by atoms with Gasteiger partial charge in [-0.05, 0) is 36.1 Å². The molecule has 1 aromatic rings. The second kappa shape index (κ2) is 4.51. The molecule has 0 aliphatic rings. The molecule has 0 radical (unpaired) electrons.